The van der Waals surface area contributed by atoms with Gasteiger partial charge < -0.3 is 5.32 Å². The van der Waals surface area contributed by atoms with Gasteiger partial charge in [-0.1, -0.05) is 6.07 Å². The first-order valence-electron chi connectivity index (χ1n) is 7.24. The van der Waals surface area contributed by atoms with Crippen molar-refractivity contribution >= 4 is 24.2 Å². The van der Waals surface area contributed by atoms with Crippen LogP contribution in [0.3, 0.4) is 0 Å². The lowest BCUT2D eigenvalue weighted by atomic mass is 9.90. The summed E-state index contributed by atoms with van der Waals surface area (Å²) in [7, 11) is 0. The predicted octanol–water partition coefficient (Wildman–Crippen LogP) is 1.49. The van der Waals surface area contributed by atoms with Gasteiger partial charge in [0.05, 0.1) is 5.92 Å². The molecule has 0 aliphatic carbocycles. The highest BCUT2D eigenvalue weighted by Crippen LogP contribution is 2.27. The molecule has 2 amide bonds. The number of imide groups is 1. The van der Waals surface area contributed by atoms with Gasteiger partial charge in [-0.3, -0.25) is 19.9 Å². The number of amides is 2. The number of carbonyl (C=O) groups is 2. The number of piperidine rings is 2. The van der Waals surface area contributed by atoms with Crippen LogP contribution in [0.1, 0.15) is 48.8 Å². The highest BCUT2D eigenvalue weighted by Gasteiger charge is 2.28. The quantitative estimate of drug-likeness (QED) is 0.812. The van der Waals surface area contributed by atoms with Gasteiger partial charge in [0.1, 0.15) is 0 Å². The molecule has 114 valence electrons. The Bertz CT molecular complexity index is 512. The number of aromatic nitrogens is 1. The van der Waals surface area contributed by atoms with E-state index in [1.807, 2.05) is 12.1 Å². The number of nitrogens with zero attached hydrogens (tertiary/aromatic N) is 1. The van der Waals surface area contributed by atoms with E-state index in [9.17, 15) is 9.59 Å². The average Bonchev–Trinajstić information content (AvgIpc) is 2.48. The fraction of sp³-hybridized carbons (Fsp3) is 0.533. The zero-order valence-electron chi connectivity index (χ0n) is 11.8. The summed E-state index contributed by atoms with van der Waals surface area (Å²) < 4.78 is 0. The minimum atomic E-state index is -0.234. The second kappa shape index (κ2) is 7.00. The Morgan fingerprint density at radius 3 is 2.48 bits per heavy atom. The van der Waals surface area contributed by atoms with E-state index in [1.54, 1.807) is 6.20 Å². The Labute approximate surface area is 130 Å². The Kier molecular flexibility index (Phi) is 5.31. The van der Waals surface area contributed by atoms with Gasteiger partial charge in [0, 0.05) is 24.2 Å². The molecule has 2 aliphatic rings. The molecule has 1 aromatic heterocycles. The Balaban J connectivity index is 0.00000161. The van der Waals surface area contributed by atoms with E-state index in [0.717, 1.165) is 37.2 Å². The standard InChI is InChI=1S/C15H19N3O2.ClH/c19-14-4-2-12(15(20)18-14)11-1-3-13(17-9-11)10-5-7-16-8-6-10;/h1,3,9-10,12,16H,2,4-8H2,(H,18,19,20);1H/t12-;/m1./s1. The van der Waals surface area contributed by atoms with E-state index < -0.39 is 0 Å². The number of hydrogen-bond acceptors (Lipinski definition) is 4. The summed E-state index contributed by atoms with van der Waals surface area (Å²) in [6.45, 7) is 2.09. The molecule has 2 saturated heterocycles. The summed E-state index contributed by atoms with van der Waals surface area (Å²) >= 11 is 0. The molecule has 0 saturated carbocycles. The minimum Gasteiger partial charge on any atom is -0.317 e. The van der Waals surface area contributed by atoms with E-state index in [-0.39, 0.29) is 30.1 Å². The summed E-state index contributed by atoms with van der Waals surface area (Å²) in [5.41, 5.74) is 2.02. The van der Waals surface area contributed by atoms with Gasteiger partial charge >= 0.3 is 0 Å². The lowest BCUT2D eigenvalue weighted by molar-refractivity contribution is -0.134. The molecule has 6 heteroatoms. The van der Waals surface area contributed by atoms with Crippen molar-refractivity contribution in [2.45, 2.75) is 37.5 Å². The van der Waals surface area contributed by atoms with Crippen LogP contribution in [-0.2, 0) is 9.59 Å². The molecule has 3 rings (SSSR count). The summed E-state index contributed by atoms with van der Waals surface area (Å²) in [5.74, 6) is -0.0856. The topological polar surface area (TPSA) is 71.1 Å². The smallest absolute Gasteiger partial charge is 0.234 e. The molecule has 5 nitrogen and oxygen atoms in total. The number of pyridine rings is 1. The third-order valence-electron chi connectivity index (χ3n) is 4.21. The lowest BCUT2D eigenvalue weighted by Gasteiger charge is -2.23. The first kappa shape index (κ1) is 15.9. The van der Waals surface area contributed by atoms with Crippen LogP contribution in [0.4, 0.5) is 0 Å². The van der Waals surface area contributed by atoms with Crippen molar-refractivity contribution in [1.29, 1.82) is 0 Å². The monoisotopic (exact) mass is 309 g/mol. The second-order valence-electron chi connectivity index (χ2n) is 5.54. The Morgan fingerprint density at radius 2 is 1.86 bits per heavy atom. The molecule has 3 heterocycles. The van der Waals surface area contributed by atoms with E-state index >= 15 is 0 Å². The molecule has 0 aromatic carbocycles. The molecule has 0 spiro atoms. The SMILES string of the molecule is Cl.O=C1CC[C@H](c2ccc(C3CCNCC3)nc2)C(=O)N1. The lowest BCUT2D eigenvalue weighted by Crippen LogP contribution is -2.39. The van der Waals surface area contributed by atoms with Crippen LogP contribution in [0.2, 0.25) is 0 Å². The third kappa shape index (κ3) is 3.60. The highest BCUT2D eigenvalue weighted by atomic mass is 35.5. The van der Waals surface area contributed by atoms with Crippen LogP contribution in [-0.4, -0.2) is 29.9 Å². The molecule has 2 fully saturated rings. The van der Waals surface area contributed by atoms with Gasteiger partial charge in [0.25, 0.3) is 0 Å². The minimum absolute atomic E-state index is 0. The van der Waals surface area contributed by atoms with Crippen LogP contribution < -0.4 is 10.6 Å². The van der Waals surface area contributed by atoms with Crippen molar-refractivity contribution in [2.24, 2.45) is 0 Å². The van der Waals surface area contributed by atoms with Gasteiger partial charge in [-0.2, -0.15) is 0 Å². The maximum atomic E-state index is 11.8. The van der Waals surface area contributed by atoms with Crippen molar-refractivity contribution in [2.75, 3.05) is 13.1 Å². The van der Waals surface area contributed by atoms with Crippen molar-refractivity contribution in [3.8, 4) is 0 Å². The average molecular weight is 310 g/mol. The second-order valence-corrected chi connectivity index (χ2v) is 5.54. The van der Waals surface area contributed by atoms with Gasteiger partial charge in [-0.15, -0.1) is 12.4 Å². The molecular formula is C15H20ClN3O2. The number of carbonyl (C=O) groups excluding carboxylic acids is 2. The molecule has 0 unspecified atom stereocenters. The number of nitrogens with one attached hydrogen (secondary N) is 2. The Morgan fingerprint density at radius 1 is 1.10 bits per heavy atom. The van der Waals surface area contributed by atoms with Gasteiger partial charge in [-0.25, -0.2) is 0 Å². The van der Waals surface area contributed by atoms with E-state index in [2.05, 4.69) is 15.6 Å². The van der Waals surface area contributed by atoms with Crippen molar-refractivity contribution < 1.29 is 9.59 Å². The number of halogens is 1. The summed E-state index contributed by atoms with van der Waals surface area (Å²) in [4.78, 5) is 27.5. The molecular weight excluding hydrogens is 290 g/mol. The zero-order chi connectivity index (χ0) is 13.9. The van der Waals surface area contributed by atoms with Gasteiger partial charge in [-0.05, 0) is 44.0 Å². The van der Waals surface area contributed by atoms with E-state index in [4.69, 9.17) is 0 Å². The van der Waals surface area contributed by atoms with E-state index in [1.165, 1.54) is 0 Å². The summed E-state index contributed by atoms with van der Waals surface area (Å²) in [6, 6.07) is 4.03. The largest absolute Gasteiger partial charge is 0.317 e. The van der Waals surface area contributed by atoms with Crippen LogP contribution in [0.15, 0.2) is 18.3 Å². The molecule has 0 radical (unpaired) electrons. The molecule has 2 N–H and O–H groups in total. The highest BCUT2D eigenvalue weighted by molar-refractivity contribution is 6.00. The molecule has 21 heavy (non-hydrogen) atoms. The zero-order valence-corrected chi connectivity index (χ0v) is 12.6. The maximum Gasteiger partial charge on any atom is 0.234 e. The molecule has 1 atom stereocenters. The van der Waals surface area contributed by atoms with Gasteiger partial charge in [0.15, 0.2) is 0 Å². The third-order valence-corrected chi connectivity index (χ3v) is 4.21. The van der Waals surface area contributed by atoms with Crippen molar-refractivity contribution in [3.63, 3.8) is 0 Å². The normalized spacial score (nSPS) is 23.3. The van der Waals surface area contributed by atoms with Crippen LogP contribution in [0.25, 0.3) is 0 Å². The van der Waals surface area contributed by atoms with Crippen molar-refractivity contribution in [1.82, 2.24) is 15.6 Å². The number of rotatable bonds is 2. The molecule has 1 aromatic rings. The fourth-order valence-electron chi connectivity index (χ4n) is 2.99. The van der Waals surface area contributed by atoms with Crippen molar-refractivity contribution in [3.05, 3.63) is 29.6 Å². The van der Waals surface area contributed by atoms with Gasteiger partial charge in [0.2, 0.25) is 11.8 Å². The predicted molar refractivity (Wildman–Crippen MR) is 81.5 cm³/mol. The summed E-state index contributed by atoms with van der Waals surface area (Å²) in [6.07, 6.45) is 5.03. The van der Waals surface area contributed by atoms with Crippen LogP contribution in [0, 0.1) is 0 Å². The molecule has 2 aliphatic heterocycles. The van der Waals surface area contributed by atoms with E-state index in [0.29, 0.717) is 18.8 Å². The number of hydrogen-bond donors (Lipinski definition) is 2. The van der Waals surface area contributed by atoms with Crippen LogP contribution >= 0.6 is 12.4 Å². The van der Waals surface area contributed by atoms with Crippen LogP contribution in [0.5, 0.6) is 0 Å². The fourth-order valence-corrected chi connectivity index (χ4v) is 2.99. The molecule has 0 bridgehead atoms. The first-order chi connectivity index (χ1) is 9.74. The Hall–Kier alpha value is -1.46. The maximum absolute atomic E-state index is 11.8. The summed E-state index contributed by atoms with van der Waals surface area (Å²) in [5, 5.41) is 5.74. The first-order valence-corrected chi connectivity index (χ1v) is 7.24.